The summed E-state index contributed by atoms with van der Waals surface area (Å²) in [5.41, 5.74) is 2.23. The van der Waals surface area contributed by atoms with E-state index in [0.29, 0.717) is 24.9 Å². The summed E-state index contributed by atoms with van der Waals surface area (Å²) < 4.78 is 16.3. The molecule has 1 aromatic carbocycles. The molecule has 7 nitrogen and oxygen atoms in total. The number of nitrogens with zero attached hydrogens (tertiary/aromatic N) is 4. The molecule has 1 aliphatic rings. The molecule has 4 rings (SSSR count). The number of benzene rings is 1. The average Bonchev–Trinajstić information content (AvgIpc) is 3.14. The van der Waals surface area contributed by atoms with Crippen LogP contribution in [0.1, 0.15) is 11.7 Å². The van der Waals surface area contributed by atoms with Crippen molar-refractivity contribution in [3.63, 3.8) is 0 Å². The second-order valence-electron chi connectivity index (χ2n) is 6.58. The van der Waals surface area contributed by atoms with Crippen LogP contribution in [0, 0.1) is 0 Å². The van der Waals surface area contributed by atoms with Gasteiger partial charge in [0.15, 0.2) is 5.82 Å². The summed E-state index contributed by atoms with van der Waals surface area (Å²) in [5, 5.41) is 4.89. The van der Waals surface area contributed by atoms with E-state index < -0.39 is 0 Å². The SMILES string of the molecule is COCc1noc(CN2CC(Oc3ccc(-c4ccc(SC)nc4)cc3)C2)n1. The Morgan fingerprint density at radius 2 is 1.93 bits per heavy atom. The fraction of sp³-hybridized carbons (Fsp3) is 0.350. The van der Waals surface area contributed by atoms with E-state index in [1.54, 1.807) is 18.9 Å². The third kappa shape index (κ3) is 4.52. The second-order valence-corrected chi connectivity index (χ2v) is 7.41. The minimum absolute atomic E-state index is 0.176. The van der Waals surface area contributed by atoms with Crippen molar-refractivity contribution in [3.05, 3.63) is 54.3 Å². The van der Waals surface area contributed by atoms with E-state index in [1.807, 2.05) is 30.7 Å². The number of pyridine rings is 1. The van der Waals surface area contributed by atoms with E-state index in [0.717, 1.165) is 35.0 Å². The quantitative estimate of drug-likeness (QED) is 0.536. The average molecular weight is 398 g/mol. The third-order valence-corrected chi connectivity index (χ3v) is 5.16. The lowest BCUT2D eigenvalue weighted by molar-refractivity contribution is 0.00864. The smallest absolute Gasteiger partial charge is 0.240 e. The largest absolute Gasteiger partial charge is 0.488 e. The minimum atomic E-state index is 0.176. The van der Waals surface area contributed by atoms with E-state index in [2.05, 4.69) is 38.2 Å². The van der Waals surface area contributed by atoms with Crippen molar-refractivity contribution in [2.75, 3.05) is 26.5 Å². The molecule has 28 heavy (non-hydrogen) atoms. The van der Waals surface area contributed by atoms with Gasteiger partial charge in [0, 0.05) is 32.0 Å². The van der Waals surface area contributed by atoms with E-state index in [1.165, 1.54) is 0 Å². The Kier molecular flexibility index (Phi) is 5.90. The molecule has 0 saturated carbocycles. The minimum Gasteiger partial charge on any atom is -0.488 e. The van der Waals surface area contributed by atoms with Gasteiger partial charge in [0.1, 0.15) is 18.5 Å². The van der Waals surface area contributed by atoms with Crippen LogP contribution in [0.5, 0.6) is 5.75 Å². The van der Waals surface area contributed by atoms with Gasteiger partial charge >= 0.3 is 0 Å². The van der Waals surface area contributed by atoms with Gasteiger partial charge in [-0.2, -0.15) is 4.98 Å². The number of methoxy groups -OCH3 is 1. The van der Waals surface area contributed by atoms with Crippen molar-refractivity contribution in [2.45, 2.75) is 24.3 Å². The molecule has 3 aromatic rings. The Balaban J connectivity index is 1.26. The molecule has 0 atom stereocenters. The van der Waals surface area contributed by atoms with Crippen molar-refractivity contribution >= 4 is 11.8 Å². The van der Waals surface area contributed by atoms with Crippen LogP contribution in [-0.2, 0) is 17.9 Å². The van der Waals surface area contributed by atoms with Crippen LogP contribution < -0.4 is 4.74 Å². The Hall–Kier alpha value is -2.42. The van der Waals surface area contributed by atoms with Crippen LogP contribution in [0.2, 0.25) is 0 Å². The Morgan fingerprint density at radius 1 is 1.14 bits per heavy atom. The van der Waals surface area contributed by atoms with Crippen LogP contribution >= 0.6 is 11.8 Å². The number of aromatic nitrogens is 3. The molecule has 146 valence electrons. The van der Waals surface area contributed by atoms with E-state index >= 15 is 0 Å². The first kappa shape index (κ1) is 18.9. The third-order valence-electron chi connectivity index (χ3n) is 4.50. The fourth-order valence-corrected chi connectivity index (χ4v) is 3.41. The molecule has 0 aliphatic carbocycles. The highest BCUT2D eigenvalue weighted by Crippen LogP contribution is 2.25. The Morgan fingerprint density at radius 3 is 2.61 bits per heavy atom. The highest BCUT2D eigenvalue weighted by molar-refractivity contribution is 7.98. The maximum atomic E-state index is 6.04. The molecule has 0 radical (unpaired) electrons. The lowest BCUT2D eigenvalue weighted by Gasteiger charge is -2.38. The van der Waals surface area contributed by atoms with Crippen molar-refractivity contribution in [1.29, 1.82) is 0 Å². The number of hydrogen-bond donors (Lipinski definition) is 0. The second kappa shape index (κ2) is 8.72. The summed E-state index contributed by atoms with van der Waals surface area (Å²) in [4.78, 5) is 10.9. The monoisotopic (exact) mass is 398 g/mol. The fourth-order valence-electron chi connectivity index (χ4n) is 3.05. The molecule has 1 aliphatic heterocycles. The summed E-state index contributed by atoms with van der Waals surface area (Å²) in [6.45, 7) is 2.67. The van der Waals surface area contributed by atoms with E-state index in [9.17, 15) is 0 Å². The summed E-state index contributed by atoms with van der Waals surface area (Å²) in [5.74, 6) is 2.06. The molecule has 0 unspecified atom stereocenters. The van der Waals surface area contributed by atoms with Gasteiger partial charge in [0.05, 0.1) is 11.6 Å². The van der Waals surface area contributed by atoms with Crippen molar-refractivity contribution in [2.24, 2.45) is 0 Å². The zero-order valence-corrected chi connectivity index (χ0v) is 16.7. The zero-order valence-electron chi connectivity index (χ0n) is 15.9. The Bertz CT molecular complexity index is 893. The first-order chi connectivity index (χ1) is 13.7. The van der Waals surface area contributed by atoms with Gasteiger partial charge in [-0.3, -0.25) is 4.90 Å². The van der Waals surface area contributed by atoms with Crippen molar-refractivity contribution in [1.82, 2.24) is 20.0 Å². The molecule has 0 spiro atoms. The van der Waals surface area contributed by atoms with Gasteiger partial charge in [-0.15, -0.1) is 11.8 Å². The number of thioether (sulfide) groups is 1. The molecule has 3 heterocycles. The highest BCUT2D eigenvalue weighted by atomic mass is 32.2. The summed E-state index contributed by atoms with van der Waals surface area (Å²) >= 11 is 1.64. The molecule has 0 bridgehead atoms. The maximum Gasteiger partial charge on any atom is 0.240 e. The van der Waals surface area contributed by atoms with E-state index in [4.69, 9.17) is 14.0 Å². The molecule has 1 saturated heterocycles. The van der Waals surface area contributed by atoms with Crippen molar-refractivity contribution < 1.29 is 14.0 Å². The predicted molar refractivity (Wildman–Crippen MR) is 106 cm³/mol. The lowest BCUT2D eigenvalue weighted by Crippen LogP contribution is -2.53. The van der Waals surface area contributed by atoms with Crippen molar-refractivity contribution in [3.8, 4) is 16.9 Å². The van der Waals surface area contributed by atoms with Gasteiger partial charge in [-0.05, 0) is 30.0 Å². The number of ether oxygens (including phenoxy) is 2. The van der Waals surface area contributed by atoms with Crippen LogP contribution in [0.4, 0.5) is 0 Å². The van der Waals surface area contributed by atoms with Crippen LogP contribution in [0.25, 0.3) is 11.1 Å². The molecular formula is C20H22N4O3S. The van der Waals surface area contributed by atoms with Crippen LogP contribution in [0.3, 0.4) is 0 Å². The molecule has 0 N–H and O–H groups in total. The Labute approximate surface area is 168 Å². The van der Waals surface area contributed by atoms with Crippen LogP contribution in [-0.4, -0.2) is 52.6 Å². The number of rotatable bonds is 8. The summed E-state index contributed by atoms with van der Waals surface area (Å²) in [7, 11) is 1.61. The molecule has 1 fully saturated rings. The van der Waals surface area contributed by atoms with Gasteiger partial charge in [-0.1, -0.05) is 23.4 Å². The van der Waals surface area contributed by atoms with Gasteiger partial charge in [-0.25, -0.2) is 4.98 Å². The van der Waals surface area contributed by atoms with E-state index in [-0.39, 0.29) is 6.10 Å². The standard InChI is InChI=1S/C20H22N4O3S/c1-25-13-18-22-19(27-23-18)12-24-10-17(11-24)26-16-6-3-14(4-7-16)15-5-8-20(28-2)21-9-15/h3-9,17H,10-13H2,1-2H3. The van der Waals surface area contributed by atoms with Gasteiger partial charge in [0.2, 0.25) is 5.89 Å². The van der Waals surface area contributed by atoms with Gasteiger partial charge < -0.3 is 14.0 Å². The first-order valence-electron chi connectivity index (χ1n) is 9.03. The molecule has 0 amide bonds. The molecule has 2 aromatic heterocycles. The number of likely N-dealkylation sites (tertiary alicyclic amines) is 1. The van der Waals surface area contributed by atoms with Crippen LogP contribution in [0.15, 0.2) is 52.1 Å². The summed E-state index contributed by atoms with van der Waals surface area (Å²) in [6, 6.07) is 12.3. The lowest BCUT2D eigenvalue weighted by atomic mass is 10.1. The summed E-state index contributed by atoms with van der Waals surface area (Å²) in [6.07, 6.45) is 4.10. The normalized spacial score (nSPS) is 14.8. The topological polar surface area (TPSA) is 73.5 Å². The number of hydrogen-bond acceptors (Lipinski definition) is 8. The highest BCUT2D eigenvalue weighted by Gasteiger charge is 2.29. The first-order valence-corrected chi connectivity index (χ1v) is 10.3. The van der Waals surface area contributed by atoms with Gasteiger partial charge in [0.25, 0.3) is 0 Å². The molecule has 8 heteroatoms. The zero-order chi connectivity index (χ0) is 19.3. The predicted octanol–water partition coefficient (Wildman–Crippen LogP) is 3.26. The maximum absolute atomic E-state index is 6.04. The molecular weight excluding hydrogens is 376 g/mol.